The number of carbonyl (C=O) groups is 2. The Morgan fingerprint density at radius 3 is 2.44 bits per heavy atom. The van der Waals surface area contributed by atoms with Crippen molar-refractivity contribution < 1.29 is 19.1 Å². The molecule has 1 N–H and O–H groups in total. The summed E-state index contributed by atoms with van der Waals surface area (Å²) in [6.07, 6.45) is 0.801. The zero-order valence-corrected chi connectivity index (χ0v) is 15.2. The van der Waals surface area contributed by atoms with Gasteiger partial charge in [0.15, 0.2) is 11.5 Å². The quantitative estimate of drug-likeness (QED) is 0.761. The Morgan fingerprint density at radius 1 is 1.07 bits per heavy atom. The SMILES string of the molecule is COc1ccc(Nc2ccc(C(=O)N3CCN(C=O)CC3)nn2)c(OC)c1. The number of nitrogens with zero attached hydrogens (tertiary/aromatic N) is 4. The first kappa shape index (κ1) is 18.4. The second kappa shape index (κ2) is 8.35. The molecule has 0 radical (unpaired) electrons. The van der Waals surface area contributed by atoms with Crippen LogP contribution in [-0.4, -0.2) is 72.7 Å². The summed E-state index contributed by atoms with van der Waals surface area (Å²) < 4.78 is 10.5. The number of aromatic nitrogens is 2. The second-order valence-corrected chi connectivity index (χ2v) is 5.93. The van der Waals surface area contributed by atoms with E-state index < -0.39 is 0 Å². The molecule has 3 rings (SSSR count). The number of carbonyl (C=O) groups excluding carboxylic acids is 2. The van der Waals surface area contributed by atoms with Gasteiger partial charge >= 0.3 is 0 Å². The summed E-state index contributed by atoms with van der Waals surface area (Å²) >= 11 is 0. The van der Waals surface area contributed by atoms with E-state index >= 15 is 0 Å². The van der Waals surface area contributed by atoms with Gasteiger partial charge in [0.25, 0.3) is 5.91 Å². The molecule has 0 saturated carbocycles. The van der Waals surface area contributed by atoms with E-state index in [-0.39, 0.29) is 11.6 Å². The summed E-state index contributed by atoms with van der Waals surface area (Å²) in [7, 11) is 3.15. The number of hydrogen-bond donors (Lipinski definition) is 1. The molecule has 1 fully saturated rings. The van der Waals surface area contributed by atoms with Crippen LogP contribution in [0.2, 0.25) is 0 Å². The predicted molar refractivity (Wildman–Crippen MR) is 98.4 cm³/mol. The molecule has 0 unspecified atom stereocenters. The lowest BCUT2D eigenvalue weighted by Gasteiger charge is -2.32. The lowest BCUT2D eigenvalue weighted by atomic mass is 10.2. The van der Waals surface area contributed by atoms with Gasteiger partial charge in [-0.15, -0.1) is 10.2 Å². The molecule has 9 heteroatoms. The van der Waals surface area contributed by atoms with Gasteiger partial charge in [-0.25, -0.2) is 0 Å². The molecule has 1 saturated heterocycles. The zero-order chi connectivity index (χ0) is 19.2. The first-order chi connectivity index (χ1) is 13.1. The lowest BCUT2D eigenvalue weighted by molar-refractivity contribution is -0.119. The molecule has 1 aromatic carbocycles. The van der Waals surface area contributed by atoms with E-state index in [1.807, 2.05) is 6.07 Å². The number of hydrogen-bond acceptors (Lipinski definition) is 7. The van der Waals surface area contributed by atoms with Crippen molar-refractivity contribution >= 4 is 23.8 Å². The average molecular weight is 371 g/mol. The van der Waals surface area contributed by atoms with Crippen LogP contribution in [0.1, 0.15) is 10.5 Å². The summed E-state index contributed by atoms with van der Waals surface area (Å²) in [6, 6.07) is 8.68. The Bertz CT molecular complexity index is 804. The molecule has 0 bridgehead atoms. The largest absolute Gasteiger partial charge is 0.497 e. The van der Waals surface area contributed by atoms with Gasteiger partial charge in [-0.1, -0.05) is 0 Å². The number of rotatable bonds is 6. The Hall–Kier alpha value is -3.36. The summed E-state index contributed by atoms with van der Waals surface area (Å²) in [6.45, 7) is 2.03. The Labute approximate surface area is 156 Å². The van der Waals surface area contributed by atoms with E-state index in [0.717, 1.165) is 6.41 Å². The van der Waals surface area contributed by atoms with Crippen molar-refractivity contribution in [3.05, 3.63) is 36.0 Å². The highest BCUT2D eigenvalue weighted by molar-refractivity contribution is 5.92. The highest BCUT2D eigenvalue weighted by Gasteiger charge is 2.22. The van der Waals surface area contributed by atoms with Crippen molar-refractivity contribution in [1.29, 1.82) is 0 Å². The van der Waals surface area contributed by atoms with Crippen LogP contribution >= 0.6 is 0 Å². The fourth-order valence-electron chi connectivity index (χ4n) is 2.75. The van der Waals surface area contributed by atoms with E-state index in [1.54, 1.807) is 48.3 Å². The van der Waals surface area contributed by atoms with Crippen molar-refractivity contribution in [2.24, 2.45) is 0 Å². The standard InChI is InChI=1S/C18H21N5O4/c1-26-13-3-4-14(16(11-13)27-2)19-17-6-5-15(20-21-17)18(25)23-9-7-22(12-24)8-10-23/h3-6,11-12H,7-10H2,1-2H3,(H,19,21). The summed E-state index contributed by atoms with van der Waals surface area (Å²) in [4.78, 5) is 26.6. The van der Waals surface area contributed by atoms with E-state index in [2.05, 4.69) is 15.5 Å². The molecule has 1 aliphatic rings. The lowest BCUT2D eigenvalue weighted by Crippen LogP contribution is -2.48. The van der Waals surface area contributed by atoms with Crippen LogP contribution < -0.4 is 14.8 Å². The van der Waals surface area contributed by atoms with Gasteiger partial charge in [0.1, 0.15) is 11.5 Å². The van der Waals surface area contributed by atoms with Gasteiger partial charge in [0.05, 0.1) is 19.9 Å². The number of methoxy groups -OCH3 is 2. The maximum atomic E-state index is 12.5. The minimum atomic E-state index is -0.193. The Morgan fingerprint density at radius 2 is 1.85 bits per heavy atom. The van der Waals surface area contributed by atoms with Crippen LogP contribution in [0.5, 0.6) is 11.5 Å². The summed E-state index contributed by atoms with van der Waals surface area (Å²) in [5.41, 5.74) is 0.971. The van der Waals surface area contributed by atoms with Gasteiger partial charge in [0.2, 0.25) is 6.41 Å². The van der Waals surface area contributed by atoms with Crippen LogP contribution in [0, 0.1) is 0 Å². The smallest absolute Gasteiger partial charge is 0.274 e. The number of piperazine rings is 1. The third-order valence-electron chi connectivity index (χ3n) is 4.31. The van der Waals surface area contributed by atoms with Crippen LogP contribution in [0.15, 0.2) is 30.3 Å². The van der Waals surface area contributed by atoms with E-state index in [0.29, 0.717) is 49.2 Å². The molecule has 0 spiro atoms. The maximum absolute atomic E-state index is 12.5. The van der Waals surface area contributed by atoms with Gasteiger partial charge < -0.3 is 24.6 Å². The predicted octanol–water partition coefficient (Wildman–Crippen LogP) is 1.15. The average Bonchev–Trinajstić information content (AvgIpc) is 2.74. The first-order valence-corrected chi connectivity index (χ1v) is 8.46. The molecule has 0 atom stereocenters. The highest BCUT2D eigenvalue weighted by Crippen LogP contribution is 2.30. The molecule has 142 valence electrons. The third-order valence-corrected chi connectivity index (χ3v) is 4.31. The molecule has 1 aromatic heterocycles. The van der Waals surface area contributed by atoms with Gasteiger partial charge in [-0.3, -0.25) is 9.59 Å². The second-order valence-electron chi connectivity index (χ2n) is 5.93. The maximum Gasteiger partial charge on any atom is 0.274 e. The van der Waals surface area contributed by atoms with Crippen molar-refractivity contribution in [2.75, 3.05) is 45.7 Å². The molecule has 9 nitrogen and oxygen atoms in total. The van der Waals surface area contributed by atoms with Crippen LogP contribution in [0.3, 0.4) is 0 Å². The highest BCUT2D eigenvalue weighted by atomic mass is 16.5. The van der Waals surface area contributed by atoms with E-state index in [1.165, 1.54) is 0 Å². The van der Waals surface area contributed by atoms with Gasteiger partial charge in [0, 0.05) is 32.2 Å². The molecular formula is C18H21N5O4. The van der Waals surface area contributed by atoms with Crippen LogP contribution in [-0.2, 0) is 4.79 Å². The number of benzene rings is 1. The van der Waals surface area contributed by atoms with Crippen LogP contribution in [0.4, 0.5) is 11.5 Å². The third kappa shape index (κ3) is 4.25. The van der Waals surface area contributed by atoms with Crippen molar-refractivity contribution in [3.63, 3.8) is 0 Å². The molecule has 2 heterocycles. The van der Waals surface area contributed by atoms with E-state index in [9.17, 15) is 9.59 Å². The normalized spacial score (nSPS) is 13.9. The van der Waals surface area contributed by atoms with Crippen molar-refractivity contribution in [1.82, 2.24) is 20.0 Å². The molecule has 1 aliphatic heterocycles. The minimum absolute atomic E-state index is 0.193. The number of anilines is 2. The fraction of sp³-hybridized carbons (Fsp3) is 0.333. The summed E-state index contributed by atoms with van der Waals surface area (Å²) in [5, 5.41) is 11.2. The van der Waals surface area contributed by atoms with Gasteiger partial charge in [-0.05, 0) is 24.3 Å². The topological polar surface area (TPSA) is 96.9 Å². The van der Waals surface area contributed by atoms with Crippen LogP contribution in [0.25, 0.3) is 0 Å². The molecule has 27 heavy (non-hydrogen) atoms. The minimum Gasteiger partial charge on any atom is -0.497 e. The number of nitrogens with one attached hydrogen (secondary N) is 1. The Balaban J connectivity index is 1.67. The first-order valence-electron chi connectivity index (χ1n) is 8.46. The molecule has 0 aliphatic carbocycles. The molecule has 2 amide bonds. The Kier molecular flexibility index (Phi) is 5.70. The number of amides is 2. The zero-order valence-electron chi connectivity index (χ0n) is 15.2. The number of ether oxygens (including phenoxy) is 2. The fourth-order valence-corrected chi connectivity index (χ4v) is 2.75. The summed E-state index contributed by atoms with van der Waals surface area (Å²) in [5.74, 6) is 1.57. The monoisotopic (exact) mass is 371 g/mol. The van der Waals surface area contributed by atoms with Crippen molar-refractivity contribution in [3.8, 4) is 11.5 Å². The molecule has 2 aromatic rings. The molecular weight excluding hydrogens is 350 g/mol. The van der Waals surface area contributed by atoms with Gasteiger partial charge in [-0.2, -0.15) is 0 Å². The van der Waals surface area contributed by atoms with E-state index in [4.69, 9.17) is 9.47 Å². The van der Waals surface area contributed by atoms with Crippen molar-refractivity contribution in [2.45, 2.75) is 0 Å².